The smallest absolute Gasteiger partial charge is 0.276 e. The Bertz CT molecular complexity index is 1620. The van der Waals surface area contributed by atoms with Crippen LogP contribution in [-0.4, -0.2) is 78.8 Å². The van der Waals surface area contributed by atoms with Crippen LogP contribution in [0.2, 0.25) is 0 Å². The molecule has 3 aliphatic rings. The predicted octanol–water partition coefficient (Wildman–Crippen LogP) is 3.69. The summed E-state index contributed by atoms with van der Waals surface area (Å²) in [6, 6.07) is 16.7. The number of anilines is 6. The Labute approximate surface area is 240 Å². The number of hydrogen-bond acceptors (Lipinski definition) is 9. The molecular formula is C31H37N9O. The lowest BCUT2D eigenvalue weighted by Gasteiger charge is -2.34. The molecule has 2 aromatic heterocycles. The van der Waals surface area contributed by atoms with Crippen molar-refractivity contribution in [1.82, 2.24) is 24.8 Å². The summed E-state index contributed by atoms with van der Waals surface area (Å²) in [6.07, 6.45) is 2.72. The summed E-state index contributed by atoms with van der Waals surface area (Å²) in [5.41, 5.74) is 6.75. The molecule has 2 aromatic carbocycles. The number of aryl methyl sites for hydroxylation is 1. The fourth-order valence-corrected chi connectivity index (χ4v) is 6.28. The number of likely N-dealkylation sites (N-methyl/N-ethyl adjacent to an activating group) is 1. The maximum atomic E-state index is 14.2. The molecule has 4 aromatic rings. The number of benzene rings is 2. The van der Waals surface area contributed by atoms with Crippen molar-refractivity contribution >= 4 is 45.4 Å². The number of pyridine rings is 1. The molecule has 0 saturated carbocycles. The maximum Gasteiger partial charge on any atom is 0.276 e. The quantitative estimate of drug-likeness (QED) is 0.343. The Balaban J connectivity index is 1.23. The van der Waals surface area contributed by atoms with Crippen LogP contribution in [-0.2, 0) is 0 Å². The van der Waals surface area contributed by atoms with E-state index in [-0.39, 0.29) is 11.6 Å². The van der Waals surface area contributed by atoms with Gasteiger partial charge in [0.25, 0.3) is 5.56 Å². The van der Waals surface area contributed by atoms with Gasteiger partial charge in [0.1, 0.15) is 11.3 Å². The fourth-order valence-electron chi connectivity index (χ4n) is 6.28. The molecule has 0 spiro atoms. The zero-order chi connectivity index (χ0) is 27.9. The SMILES string of the molecule is Cc1cccc2c1NCCN2c1cc2cnc(Nc3ccc(N4CCN(C)CC4)cc3)nc2n([C@H]2CCNC2)c1=O. The van der Waals surface area contributed by atoms with Crippen LogP contribution in [0.4, 0.5) is 34.4 Å². The minimum absolute atomic E-state index is 0.0123. The lowest BCUT2D eigenvalue weighted by Crippen LogP contribution is -2.44. The lowest BCUT2D eigenvalue weighted by molar-refractivity contribution is 0.313. The molecule has 0 amide bonds. The van der Waals surface area contributed by atoms with E-state index in [1.165, 1.54) is 11.3 Å². The zero-order valence-corrected chi connectivity index (χ0v) is 23.7. The Morgan fingerprint density at radius 2 is 1.80 bits per heavy atom. The van der Waals surface area contributed by atoms with E-state index in [0.29, 0.717) is 23.8 Å². The molecule has 0 radical (unpaired) electrons. The maximum absolute atomic E-state index is 14.2. The highest BCUT2D eigenvalue weighted by molar-refractivity contribution is 5.85. The molecule has 212 valence electrons. The first kappa shape index (κ1) is 25.8. The van der Waals surface area contributed by atoms with Gasteiger partial charge in [0, 0.05) is 68.8 Å². The number of nitrogens with one attached hydrogen (secondary N) is 3. The van der Waals surface area contributed by atoms with E-state index < -0.39 is 0 Å². The highest BCUT2D eigenvalue weighted by Gasteiger charge is 2.27. The van der Waals surface area contributed by atoms with Gasteiger partial charge in [-0.05, 0) is 68.9 Å². The average molecular weight is 552 g/mol. The molecule has 5 heterocycles. The topological polar surface area (TPSA) is 93.6 Å². The summed E-state index contributed by atoms with van der Waals surface area (Å²) >= 11 is 0. The van der Waals surface area contributed by atoms with Crippen molar-refractivity contribution in [3.63, 3.8) is 0 Å². The largest absolute Gasteiger partial charge is 0.381 e. The molecule has 1 atom stereocenters. The van der Waals surface area contributed by atoms with Crippen molar-refractivity contribution in [2.45, 2.75) is 19.4 Å². The van der Waals surface area contributed by atoms with E-state index >= 15 is 0 Å². The van der Waals surface area contributed by atoms with Crippen LogP contribution in [0.15, 0.2) is 59.5 Å². The second-order valence-corrected chi connectivity index (χ2v) is 11.3. The monoisotopic (exact) mass is 551 g/mol. The summed E-state index contributed by atoms with van der Waals surface area (Å²) in [4.78, 5) is 30.7. The molecule has 3 N–H and O–H groups in total. The van der Waals surface area contributed by atoms with Gasteiger partial charge in [0.15, 0.2) is 0 Å². The Morgan fingerprint density at radius 1 is 0.976 bits per heavy atom. The molecule has 0 unspecified atom stereocenters. The Morgan fingerprint density at radius 3 is 2.59 bits per heavy atom. The third-order valence-electron chi connectivity index (χ3n) is 8.62. The molecule has 0 aliphatic carbocycles. The normalized spacial score (nSPS) is 19.3. The molecule has 3 aliphatic heterocycles. The van der Waals surface area contributed by atoms with Crippen molar-refractivity contribution in [3.8, 4) is 0 Å². The van der Waals surface area contributed by atoms with Crippen LogP contribution in [0, 0.1) is 6.92 Å². The number of fused-ring (bicyclic) bond motifs is 2. The highest BCUT2D eigenvalue weighted by Crippen LogP contribution is 2.36. The van der Waals surface area contributed by atoms with Crippen LogP contribution in [0.1, 0.15) is 18.0 Å². The molecular weight excluding hydrogens is 514 g/mol. The number of rotatable bonds is 5. The second kappa shape index (κ2) is 10.7. The highest BCUT2D eigenvalue weighted by atomic mass is 16.1. The summed E-state index contributed by atoms with van der Waals surface area (Å²) in [6.45, 7) is 9.43. The van der Waals surface area contributed by atoms with E-state index in [9.17, 15) is 4.79 Å². The number of nitrogens with zero attached hydrogens (tertiary/aromatic N) is 6. The number of aromatic nitrogens is 3. The van der Waals surface area contributed by atoms with E-state index in [4.69, 9.17) is 4.98 Å². The minimum atomic E-state index is -0.0123. The molecule has 10 heteroatoms. The summed E-state index contributed by atoms with van der Waals surface area (Å²) < 4.78 is 1.89. The number of piperazine rings is 1. The van der Waals surface area contributed by atoms with Gasteiger partial charge >= 0.3 is 0 Å². The van der Waals surface area contributed by atoms with E-state index in [2.05, 4.69) is 86.0 Å². The van der Waals surface area contributed by atoms with Gasteiger partial charge in [-0.15, -0.1) is 0 Å². The van der Waals surface area contributed by atoms with Crippen molar-refractivity contribution < 1.29 is 0 Å². The molecule has 41 heavy (non-hydrogen) atoms. The Kier molecular flexibility index (Phi) is 6.72. The molecule has 10 nitrogen and oxygen atoms in total. The van der Waals surface area contributed by atoms with Crippen molar-refractivity contribution in [2.24, 2.45) is 0 Å². The van der Waals surface area contributed by atoms with E-state index in [0.717, 1.165) is 74.7 Å². The van der Waals surface area contributed by atoms with Crippen LogP contribution in [0.5, 0.6) is 0 Å². The third kappa shape index (κ3) is 4.87. The second-order valence-electron chi connectivity index (χ2n) is 11.3. The third-order valence-corrected chi connectivity index (χ3v) is 8.62. The molecule has 0 bridgehead atoms. The van der Waals surface area contributed by atoms with Crippen LogP contribution in [0.25, 0.3) is 11.0 Å². The summed E-state index contributed by atoms with van der Waals surface area (Å²) in [7, 11) is 2.17. The molecule has 7 rings (SSSR count). The first-order chi connectivity index (χ1) is 20.0. The van der Waals surface area contributed by atoms with Crippen LogP contribution >= 0.6 is 0 Å². The lowest BCUT2D eigenvalue weighted by atomic mass is 10.1. The fraction of sp³-hybridized carbons (Fsp3) is 0.387. The Hall–Kier alpha value is -4.15. The van der Waals surface area contributed by atoms with Gasteiger partial charge in [-0.25, -0.2) is 4.98 Å². The van der Waals surface area contributed by atoms with Crippen molar-refractivity contribution in [2.75, 3.05) is 79.8 Å². The number of para-hydroxylation sites is 1. The van der Waals surface area contributed by atoms with Crippen molar-refractivity contribution in [3.05, 3.63) is 70.6 Å². The van der Waals surface area contributed by atoms with E-state index in [1.54, 1.807) is 0 Å². The molecule has 2 fully saturated rings. The average Bonchev–Trinajstić information content (AvgIpc) is 3.52. The van der Waals surface area contributed by atoms with Crippen LogP contribution < -0.4 is 31.3 Å². The van der Waals surface area contributed by atoms with Crippen molar-refractivity contribution in [1.29, 1.82) is 0 Å². The molecule has 2 saturated heterocycles. The van der Waals surface area contributed by atoms with Gasteiger partial charge in [-0.1, -0.05) is 12.1 Å². The minimum Gasteiger partial charge on any atom is -0.381 e. The van der Waals surface area contributed by atoms with Gasteiger partial charge in [-0.3, -0.25) is 9.36 Å². The van der Waals surface area contributed by atoms with Gasteiger partial charge < -0.3 is 30.7 Å². The summed E-state index contributed by atoms with van der Waals surface area (Å²) in [5.74, 6) is 0.486. The zero-order valence-electron chi connectivity index (χ0n) is 23.7. The van der Waals surface area contributed by atoms with Gasteiger partial charge in [0.2, 0.25) is 5.95 Å². The predicted molar refractivity (Wildman–Crippen MR) is 166 cm³/mol. The summed E-state index contributed by atoms with van der Waals surface area (Å²) in [5, 5.41) is 11.2. The first-order valence-corrected chi connectivity index (χ1v) is 14.6. The van der Waals surface area contributed by atoms with Gasteiger partial charge in [-0.2, -0.15) is 4.98 Å². The first-order valence-electron chi connectivity index (χ1n) is 14.6. The number of hydrogen-bond donors (Lipinski definition) is 3. The van der Waals surface area contributed by atoms with E-state index in [1.807, 2.05) is 22.9 Å². The van der Waals surface area contributed by atoms with Gasteiger partial charge in [0.05, 0.1) is 17.4 Å². The van der Waals surface area contributed by atoms with Crippen LogP contribution in [0.3, 0.4) is 0 Å². The standard InChI is InChI=1S/C31H37N9O/c1-21-4-3-5-26-28(21)33-12-13-39(26)27-18-22-19-34-31(36-29(22)40(30(27)41)25-10-11-32-20-25)35-23-6-8-24(9-7-23)38-16-14-37(2)15-17-38/h3-9,18-19,25,32-33H,10-17,20H2,1-2H3,(H,34,35,36)/t25-/m0/s1.